The number of amides is 2. The molecule has 3 N–H and O–H groups in total. The standard InChI is InChI=1S/C27H28ClN3O5/c1-36-23-9-3-7-21(30-23)18-12-10-17(11-13-18)16-29-26(34)24(32)25(33)27(35)31-14-4-8-22(31)19-5-2-6-20(28)15-19/h2-3,5-7,9-13,15,22,24-25,32-33H,4,8,14,16H2,1H3,(H,29,34)/t22-,24-,25-/m1/s1. The summed E-state index contributed by atoms with van der Waals surface area (Å²) < 4.78 is 5.15. The summed E-state index contributed by atoms with van der Waals surface area (Å²) in [6.45, 7) is 0.549. The van der Waals surface area contributed by atoms with Crippen molar-refractivity contribution in [1.29, 1.82) is 0 Å². The summed E-state index contributed by atoms with van der Waals surface area (Å²) in [5.41, 5.74) is 3.26. The number of aliphatic hydroxyl groups excluding tert-OH is 2. The Morgan fingerprint density at radius 2 is 1.86 bits per heavy atom. The largest absolute Gasteiger partial charge is 0.481 e. The first-order valence-corrected chi connectivity index (χ1v) is 12.1. The molecule has 0 radical (unpaired) electrons. The average Bonchev–Trinajstić information content (AvgIpc) is 3.41. The third kappa shape index (κ3) is 5.84. The molecule has 0 saturated carbocycles. The van der Waals surface area contributed by atoms with Crippen molar-refractivity contribution in [3.8, 4) is 17.1 Å². The minimum Gasteiger partial charge on any atom is -0.481 e. The van der Waals surface area contributed by atoms with Gasteiger partial charge in [0.15, 0.2) is 12.2 Å². The van der Waals surface area contributed by atoms with E-state index in [9.17, 15) is 19.8 Å². The van der Waals surface area contributed by atoms with Crippen LogP contribution in [0.15, 0.2) is 66.7 Å². The van der Waals surface area contributed by atoms with E-state index in [2.05, 4.69) is 10.3 Å². The van der Waals surface area contributed by atoms with Crippen LogP contribution < -0.4 is 10.1 Å². The normalized spacial score (nSPS) is 16.9. The van der Waals surface area contributed by atoms with Crippen molar-refractivity contribution in [2.24, 2.45) is 0 Å². The van der Waals surface area contributed by atoms with Gasteiger partial charge in [-0.2, -0.15) is 0 Å². The number of benzene rings is 2. The Morgan fingerprint density at radius 3 is 2.58 bits per heavy atom. The van der Waals surface area contributed by atoms with E-state index in [1.54, 1.807) is 31.4 Å². The van der Waals surface area contributed by atoms with Crippen LogP contribution in [0.3, 0.4) is 0 Å². The molecule has 36 heavy (non-hydrogen) atoms. The molecule has 2 heterocycles. The first kappa shape index (κ1) is 25.6. The Morgan fingerprint density at radius 1 is 1.11 bits per heavy atom. The van der Waals surface area contributed by atoms with E-state index in [4.69, 9.17) is 16.3 Å². The number of halogens is 1. The molecule has 1 aliphatic heterocycles. The van der Waals surface area contributed by atoms with Crippen LogP contribution in [0, 0.1) is 0 Å². The van der Waals surface area contributed by atoms with Crippen molar-refractivity contribution >= 4 is 23.4 Å². The monoisotopic (exact) mass is 509 g/mol. The molecule has 1 fully saturated rings. The van der Waals surface area contributed by atoms with Crippen molar-refractivity contribution in [1.82, 2.24) is 15.2 Å². The fourth-order valence-corrected chi connectivity index (χ4v) is 4.51. The molecule has 9 heteroatoms. The Kier molecular flexibility index (Phi) is 8.20. The van der Waals surface area contributed by atoms with E-state index in [-0.39, 0.29) is 12.6 Å². The molecule has 1 saturated heterocycles. The van der Waals surface area contributed by atoms with E-state index in [0.717, 1.165) is 28.8 Å². The van der Waals surface area contributed by atoms with Gasteiger partial charge >= 0.3 is 0 Å². The number of methoxy groups -OCH3 is 1. The molecule has 1 aliphatic rings. The number of likely N-dealkylation sites (tertiary alicyclic amines) is 1. The number of pyridine rings is 1. The number of hydrogen-bond acceptors (Lipinski definition) is 6. The lowest BCUT2D eigenvalue weighted by atomic mass is 10.0. The van der Waals surface area contributed by atoms with Crippen LogP contribution in [-0.4, -0.2) is 57.8 Å². The Hall–Kier alpha value is -3.46. The highest BCUT2D eigenvalue weighted by molar-refractivity contribution is 6.30. The fraction of sp³-hybridized carbons (Fsp3) is 0.296. The molecule has 0 unspecified atom stereocenters. The second-order valence-corrected chi connectivity index (χ2v) is 9.05. The summed E-state index contributed by atoms with van der Waals surface area (Å²) in [4.78, 5) is 31.3. The molecule has 3 aromatic rings. The number of hydrogen-bond donors (Lipinski definition) is 3. The van der Waals surface area contributed by atoms with Crippen LogP contribution in [0.25, 0.3) is 11.3 Å². The van der Waals surface area contributed by atoms with Gasteiger partial charge < -0.3 is 25.2 Å². The van der Waals surface area contributed by atoms with Crippen molar-refractivity contribution in [3.63, 3.8) is 0 Å². The number of carbonyl (C=O) groups is 2. The number of rotatable bonds is 8. The zero-order chi connectivity index (χ0) is 25.7. The van der Waals surface area contributed by atoms with Gasteiger partial charge in [0.25, 0.3) is 11.8 Å². The third-order valence-corrected chi connectivity index (χ3v) is 6.47. The number of aliphatic hydroxyl groups is 2. The average molecular weight is 510 g/mol. The van der Waals surface area contributed by atoms with E-state index < -0.39 is 24.0 Å². The summed E-state index contributed by atoms with van der Waals surface area (Å²) in [5.74, 6) is -0.998. The van der Waals surface area contributed by atoms with E-state index in [1.165, 1.54) is 4.90 Å². The number of nitrogens with one attached hydrogen (secondary N) is 1. The highest BCUT2D eigenvalue weighted by Crippen LogP contribution is 2.33. The third-order valence-electron chi connectivity index (χ3n) is 6.24. The molecule has 4 rings (SSSR count). The topological polar surface area (TPSA) is 112 Å². The summed E-state index contributed by atoms with van der Waals surface area (Å²) in [6, 6.07) is 19.8. The van der Waals surface area contributed by atoms with Crippen LogP contribution in [0.2, 0.25) is 5.02 Å². The lowest BCUT2D eigenvalue weighted by molar-refractivity contribution is -0.153. The second-order valence-electron chi connectivity index (χ2n) is 8.61. The predicted octanol–water partition coefficient (Wildman–Crippen LogP) is 3.11. The Labute approximate surface area is 214 Å². The Balaban J connectivity index is 1.34. The predicted molar refractivity (Wildman–Crippen MR) is 135 cm³/mol. The number of carbonyl (C=O) groups excluding carboxylic acids is 2. The molecular formula is C27H28ClN3O5. The van der Waals surface area contributed by atoms with Crippen LogP contribution in [0.1, 0.15) is 30.0 Å². The van der Waals surface area contributed by atoms with Gasteiger partial charge in [-0.15, -0.1) is 0 Å². The molecule has 2 aromatic carbocycles. The number of nitrogens with zero attached hydrogens (tertiary/aromatic N) is 2. The smallest absolute Gasteiger partial charge is 0.255 e. The number of ether oxygens (including phenoxy) is 1. The molecule has 0 spiro atoms. The summed E-state index contributed by atoms with van der Waals surface area (Å²) >= 11 is 6.09. The van der Waals surface area contributed by atoms with E-state index >= 15 is 0 Å². The molecule has 0 aliphatic carbocycles. The minimum absolute atomic E-state index is 0.122. The van der Waals surface area contributed by atoms with E-state index in [1.807, 2.05) is 42.5 Å². The SMILES string of the molecule is COc1cccc(-c2ccc(CNC(=O)[C@H](O)[C@@H](O)C(=O)N3CCC[C@@H]3c3cccc(Cl)c3)cc2)n1. The second kappa shape index (κ2) is 11.5. The summed E-state index contributed by atoms with van der Waals surface area (Å²) in [6.07, 6.45) is -2.30. The maximum absolute atomic E-state index is 12.9. The fourth-order valence-electron chi connectivity index (χ4n) is 4.32. The van der Waals surface area contributed by atoms with Gasteiger partial charge in [-0.25, -0.2) is 4.98 Å². The molecule has 2 amide bonds. The summed E-state index contributed by atoms with van der Waals surface area (Å²) in [5, 5.41) is 24.0. The molecule has 1 aromatic heterocycles. The van der Waals surface area contributed by atoms with Gasteiger partial charge in [-0.1, -0.05) is 54.1 Å². The van der Waals surface area contributed by atoms with Crippen molar-refractivity contribution in [2.45, 2.75) is 37.6 Å². The van der Waals surface area contributed by atoms with Gasteiger partial charge in [0.2, 0.25) is 5.88 Å². The maximum atomic E-state index is 12.9. The molecule has 0 bridgehead atoms. The minimum atomic E-state index is -1.89. The summed E-state index contributed by atoms with van der Waals surface area (Å²) in [7, 11) is 1.56. The first-order chi connectivity index (χ1) is 17.4. The molecule has 3 atom stereocenters. The van der Waals surface area contributed by atoms with Crippen molar-refractivity contribution in [2.75, 3.05) is 13.7 Å². The number of aromatic nitrogens is 1. The zero-order valence-electron chi connectivity index (χ0n) is 19.8. The van der Waals surface area contributed by atoms with Crippen LogP contribution >= 0.6 is 11.6 Å². The lowest BCUT2D eigenvalue weighted by Crippen LogP contribution is -2.50. The molecular weight excluding hydrogens is 482 g/mol. The van der Waals surface area contributed by atoms with Gasteiger partial charge in [0.1, 0.15) is 0 Å². The van der Waals surface area contributed by atoms with Gasteiger partial charge in [-0.05, 0) is 42.2 Å². The highest BCUT2D eigenvalue weighted by atomic mass is 35.5. The molecule has 188 valence electrons. The van der Waals surface area contributed by atoms with Gasteiger partial charge in [0.05, 0.1) is 18.8 Å². The van der Waals surface area contributed by atoms with Gasteiger partial charge in [-0.3, -0.25) is 9.59 Å². The Bertz CT molecular complexity index is 1220. The van der Waals surface area contributed by atoms with Crippen LogP contribution in [-0.2, 0) is 16.1 Å². The van der Waals surface area contributed by atoms with Crippen LogP contribution in [0.5, 0.6) is 5.88 Å². The maximum Gasteiger partial charge on any atom is 0.255 e. The van der Waals surface area contributed by atoms with Gasteiger partial charge in [0, 0.05) is 29.7 Å². The van der Waals surface area contributed by atoms with Crippen molar-refractivity contribution in [3.05, 3.63) is 82.9 Å². The van der Waals surface area contributed by atoms with E-state index in [0.29, 0.717) is 23.9 Å². The highest BCUT2D eigenvalue weighted by Gasteiger charge is 2.38. The molecule has 8 nitrogen and oxygen atoms in total. The van der Waals surface area contributed by atoms with Crippen LogP contribution in [0.4, 0.5) is 0 Å². The zero-order valence-corrected chi connectivity index (χ0v) is 20.6. The quantitative estimate of drug-likeness (QED) is 0.430. The van der Waals surface area contributed by atoms with Crippen molar-refractivity contribution < 1.29 is 24.5 Å². The first-order valence-electron chi connectivity index (χ1n) is 11.7. The lowest BCUT2D eigenvalue weighted by Gasteiger charge is -2.28.